The number of carbonyl (C=O) groups excluding carboxylic acids is 1. The summed E-state index contributed by atoms with van der Waals surface area (Å²) in [7, 11) is 1.59. The Kier molecular flexibility index (Phi) is 6.13. The minimum atomic E-state index is -0.139. The van der Waals surface area contributed by atoms with Gasteiger partial charge < -0.3 is 20.7 Å². The lowest BCUT2D eigenvalue weighted by molar-refractivity contribution is 0.0955. The van der Waals surface area contributed by atoms with E-state index in [0.717, 1.165) is 0 Å². The van der Waals surface area contributed by atoms with Crippen molar-refractivity contribution < 1.29 is 9.53 Å². The number of nitrogens with zero attached hydrogens (tertiary/aromatic N) is 3. The summed E-state index contributed by atoms with van der Waals surface area (Å²) in [5, 5.41) is 9.10. The summed E-state index contributed by atoms with van der Waals surface area (Å²) in [5.41, 5.74) is 0.583. The lowest BCUT2D eigenvalue weighted by Gasteiger charge is -2.09. The predicted octanol–water partition coefficient (Wildman–Crippen LogP) is 2.47. The van der Waals surface area contributed by atoms with Crippen LogP contribution in [0.15, 0.2) is 61.1 Å². The van der Waals surface area contributed by atoms with Crippen LogP contribution in [0.3, 0.4) is 0 Å². The molecule has 0 saturated carbocycles. The van der Waals surface area contributed by atoms with Crippen molar-refractivity contribution in [1.29, 1.82) is 0 Å². The SMILES string of the molecule is COc1ccc(C(=O)NCCNc2cc(Nc3ccccn3)ncn2)cc1. The van der Waals surface area contributed by atoms with Gasteiger partial charge >= 0.3 is 0 Å². The number of ether oxygens (including phenoxy) is 1. The average Bonchev–Trinajstić information content (AvgIpc) is 2.72. The second-order valence-corrected chi connectivity index (χ2v) is 5.54. The lowest BCUT2D eigenvalue weighted by Crippen LogP contribution is -2.28. The van der Waals surface area contributed by atoms with Crippen molar-refractivity contribution in [3.8, 4) is 5.75 Å². The molecule has 1 aromatic carbocycles. The van der Waals surface area contributed by atoms with Crippen LogP contribution in [-0.4, -0.2) is 41.1 Å². The van der Waals surface area contributed by atoms with Gasteiger partial charge in [-0.15, -0.1) is 0 Å². The van der Waals surface area contributed by atoms with E-state index in [1.165, 1.54) is 6.33 Å². The third-order valence-electron chi connectivity index (χ3n) is 3.66. The molecular formula is C19H20N6O2. The standard InChI is InChI=1S/C19H20N6O2/c1-27-15-7-5-14(6-8-15)19(26)22-11-10-21-17-12-18(24-13-23-17)25-16-4-2-3-9-20-16/h2-9,12-13H,10-11H2,1H3,(H,22,26)(H2,20,21,23,24,25). The smallest absolute Gasteiger partial charge is 0.251 e. The zero-order chi connectivity index (χ0) is 18.9. The fourth-order valence-corrected chi connectivity index (χ4v) is 2.30. The van der Waals surface area contributed by atoms with E-state index in [4.69, 9.17) is 4.74 Å². The minimum absolute atomic E-state index is 0.139. The van der Waals surface area contributed by atoms with Gasteiger partial charge in [0.1, 0.15) is 29.5 Å². The maximum absolute atomic E-state index is 12.1. The highest BCUT2D eigenvalue weighted by Gasteiger charge is 2.05. The van der Waals surface area contributed by atoms with Gasteiger partial charge in [0.05, 0.1) is 7.11 Å². The highest BCUT2D eigenvalue weighted by molar-refractivity contribution is 5.94. The molecule has 2 aromatic heterocycles. The highest BCUT2D eigenvalue weighted by Crippen LogP contribution is 2.13. The molecule has 1 amide bonds. The summed E-state index contributed by atoms with van der Waals surface area (Å²) in [6.07, 6.45) is 3.16. The van der Waals surface area contributed by atoms with Gasteiger partial charge in [-0.2, -0.15) is 0 Å². The molecule has 0 spiro atoms. The first-order valence-electron chi connectivity index (χ1n) is 8.41. The zero-order valence-electron chi connectivity index (χ0n) is 14.8. The monoisotopic (exact) mass is 364 g/mol. The van der Waals surface area contributed by atoms with Gasteiger partial charge in [-0.3, -0.25) is 4.79 Å². The Morgan fingerprint density at radius 3 is 2.52 bits per heavy atom. The Balaban J connectivity index is 1.46. The Morgan fingerprint density at radius 2 is 1.78 bits per heavy atom. The fraction of sp³-hybridized carbons (Fsp3) is 0.158. The third kappa shape index (κ3) is 5.40. The number of hydrogen-bond acceptors (Lipinski definition) is 7. The first kappa shape index (κ1) is 18.1. The van der Waals surface area contributed by atoms with Crippen molar-refractivity contribution in [3.63, 3.8) is 0 Å². The highest BCUT2D eigenvalue weighted by atomic mass is 16.5. The molecule has 0 aliphatic rings. The van der Waals surface area contributed by atoms with E-state index in [2.05, 4.69) is 30.9 Å². The summed E-state index contributed by atoms with van der Waals surface area (Å²) in [6, 6.07) is 14.3. The summed E-state index contributed by atoms with van der Waals surface area (Å²) in [4.78, 5) is 24.6. The van der Waals surface area contributed by atoms with Crippen molar-refractivity contribution in [2.24, 2.45) is 0 Å². The van der Waals surface area contributed by atoms with Gasteiger partial charge in [0.15, 0.2) is 0 Å². The van der Waals surface area contributed by atoms with Gasteiger partial charge in [-0.05, 0) is 36.4 Å². The van der Waals surface area contributed by atoms with Crippen LogP contribution in [0.5, 0.6) is 5.75 Å². The molecule has 0 aliphatic carbocycles. The number of hydrogen-bond donors (Lipinski definition) is 3. The molecule has 0 bridgehead atoms. The summed E-state index contributed by atoms with van der Waals surface area (Å²) < 4.78 is 5.08. The first-order chi connectivity index (χ1) is 13.2. The normalized spacial score (nSPS) is 10.1. The molecule has 0 atom stereocenters. The Morgan fingerprint density at radius 1 is 0.963 bits per heavy atom. The van der Waals surface area contributed by atoms with E-state index in [0.29, 0.717) is 41.9 Å². The first-order valence-corrected chi connectivity index (χ1v) is 8.41. The number of benzene rings is 1. The number of rotatable bonds is 8. The zero-order valence-corrected chi connectivity index (χ0v) is 14.8. The molecule has 2 heterocycles. The van der Waals surface area contributed by atoms with Gasteiger partial charge in [0.25, 0.3) is 5.91 Å². The molecule has 0 aliphatic heterocycles. The molecule has 138 valence electrons. The molecule has 0 radical (unpaired) electrons. The quantitative estimate of drug-likeness (QED) is 0.528. The number of carbonyl (C=O) groups is 1. The Labute approximate surface area is 157 Å². The number of amides is 1. The second-order valence-electron chi connectivity index (χ2n) is 5.54. The molecule has 3 N–H and O–H groups in total. The number of anilines is 3. The second kappa shape index (κ2) is 9.14. The molecule has 0 fully saturated rings. The predicted molar refractivity (Wildman–Crippen MR) is 103 cm³/mol. The van der Waals surface area contributed by atoms with E-state index in [1.807, 2.05) is 18.2 Å². The van der Waals surface area contributed by atoms with Crippen LogP contribution in [0.25, 0.3) is 0 Å². The summed E-state index contributed by atoms with van der Waals surface area (Å²) >= 11 is 0. The van der Waals surface area contributed by atoms with Gasteiger partial charge in [0, 0.05) is 30.9 Å². The average molecular weight is 364 g/mol. The van der Waals surface area contributed by atoms with Crippen LogP contribution in [0, 0.1) is 0 Å². The summed E-state index contributed by atoms with van der Waals surface area (Å²) in [5.74, 6) is 2.57. The molecule has 3 rings (SSSR count). The maximum Gasteiger partial charge on any atom is 0.251 e. The van der Waals surface area contributed by atoms with E-state index in [1.54, 1.807) is 43.6 Å². The minimum Gasteiger partial charge on any atom is -0.497 e. The topological polar surface area (TPSA) is 101 Å². The molecular weight excluding hydrogens is 344 g/mol. The fourth-order valence-electron chi connectivity index (χ4n) is 2.30. The molecule has 0 unspecified atom stereocenters. The molecule has 3 aromatic rings. The number of methoxy groups -OCH3 is 1. The van der Waals surface area contributed by atoms with Crippen molar-refractivity contribution in [2.75, 3.05) is 30.8 Å². The van der Waals surface area contributed by atoms with Crippen LogP contribution < -0.4 is 20.7 Å². The molecule has 27 heavy (non-hydrogen) atoms. The van der Waals surface area contributed by atoms with Crippen molar-refractivity contribution in [2.45, 2.75) is 0 Å². The molecule has 0 saturated heterocycles. The van der Waals surface area contributed by atoms with E-state index >= 15 is 0 Å². The number of nitrogens with one attached hydrogen (secondary N) is 3. The van der Waals surface area contributed by atoms with Crippen molar-refractivity contribution in [1.82, 2.24) is 20.3 Å². The van der Waals surface area contributed by atoms with Crippen LogP contribution in [0.4, 0.5) is 17.5 Å². The van der Waals surface area contributed by atoms with Gasteiger partial charge in [-0.1, -0.05) is 6.07 Å². The van der Waals surface area contributed by atoms with Gasteiger partial charge in [0.2, 0.25) is 0 Å². The van der Waals surface area contributed by atoms with Crippen molar-refractivity contribution in [3.05, 3.63) is 66.6 Å². The van der Waals surface area contributed by atoms with Crippen LogP contribution in [-0.2, 0) is 0 Å². The number of aromatic nitrogens is 3. The van der Waals surface area contributed by atoms with Crippen LogP contribution >= 0.6 is 0 Å². The maximum atomic E-state index is 12.1. The number of pyridine rings is 1. The largest absolute Gasteiger partial charge is 0.497 e. The Bertz CT molecular complexity index is 871. The lowest BCUT2D eigenvalue weighted by atomic mass is 10.2. The van der Waals surface area contributed by atoms with Crippen LogP contribution in [0.1, 0.15) is 10.4 Å². The van der Waals surface area contributed by atoms with Crippen LogP contribution in [0.2, 0.25) is 0 Å². The van der Waals surface area contributed by atoms with E-state index in [-0.39, 0.29) is 5.91 Å². The Hall–Kier alpha value is -3.68. The molecule has 8 heteroatoms. The van der Waals surface area contributed by atoms with Crippen molar-refractivity contribution >= 4 is 23.4 Å². The summed E-state index contributed by atoms with van der Waals surface area (Å²) in [6.45, 7) is 0.986. The van der Waals surface area contributed by atoms with E-state index < -0.39 is 0 Å². The molecule has 8 nitrogen and oxygen atoms in total. The third-order valence-corrected chi connectivity index (χ3v) is 3.66. The van der Waals surface area contributed by atoms with Gasteiger partial charge in [-0.25, -0.2) is 15.0 Å². The van der Waals surface area contributed by atoms with E-state index in [9.17, 15) is 4.79 Å².